The van der Waals surface area contributed by atoms with Crippen molar-refractivity contribution in [2.75, 3.05) is 0 Å². The molecule has 0 saturated heterocycles. The van der Waals surface area contributed by atoms with Gasteiger partial charge in [-0.1, -0.05) is 0 Å². The van der Waals surface area contributed by atoms with Gasteiger partial charge in [-0.25, -0.2) is 0 Å². The third-order valence-electron chi connectivity index (χ3n) is 2.36. The van der Waals surface area contributed by atoms with E-state index in [1.54, 1.807) is 18.7 Å². The fourth-order valence-corrected chi connectivity index (χ4v) is 1.54. The van der Waals surface area contributed by atoms with Crippen LogP contribution >= 0.6 is 0 Å². The molecule has 0 fully saturated rings. The Balaban J connectivity index is 2.36. The highest BCUT2D eigenvalue weighted by Crippen LogP contribution is 2.25. The van der Waals surface area contributed by atoms with E-state index >= 15 is 0 Å². The van der Waals surface area contributed by atoms with Crippen molar-refractivity contribution >= 4 is 0 Å². The molecule has 1 unspecified atom stereocenters. The third-order valence-corrected chi connectivity index (χ3v) is 2.36. The molecule has 0 saturated carbocycles. The lowest BCUT2D eigenvalue weighted by molar-refractivity contribution is 0.188. The maximum atomic E-state index is 10.1. The molecular weight excluding hydrogens is 190 g/mol. The molecule has 1 atom stereocenters. The molecule has 2 rings (SSSR count). The van der Waals surface area contributed by atoms with Gasteiger partial charge in [0.15, 0.2) is 0 Å². The van der Waals surface area contributed by atoms with Gasteiger partial charge in [0.2, 0.25) is 0 Å². The molecule has 0 bridgehead atoms. The summed E-state index contributed by atoms with van der Waals surface area (Å²) >= 11 is 0. The summed E-state index contributed by atoms with van der Waals surface area (Å²) < 4.78 is 5.24. The van der Waals surface area contributed by atoms with Crippen LogP contribution in [-0.2, 0) is 0 Å². The molecule has 3 heteroatoms. The van der Waals surface area contributed by atoms with Crippen LogP contribution in [0.4, 0.5) is 0 Å². The van der Waals surface area contributed by atoms with Crippen molar-refractivity contribution in [3.63, 3.8) is 0 Å². The van der Waals surface area contributed by atoms with Gasteiger partial charge in [0.05, 0.1) is 6.26 Å². The summed E-state index contributed by atoms with van der Waals surface area (Å²) in [7, 11) is 0. The minimum absolute atomic E-state index is 0.586. The number of rotatable bonds is 2. The SMILES string of the molecule is Cc1cncc(C(O)c2occc2C)c1. The molecule has 0 aromatic carbocycles. The second-order valence-electron chi connectivity index (χ2n) is 3.67. The second-order valence-corrected chi connectivity index (χ2v) is 3.67. The summed E-state index contributed by atoms with van der Waals surface area (Å²) in [5.74, 6) is 0.586. The monoisotopic (exact) mass is 203 g/mol. The first-order valence-electron chi connectivity index (χ1n) is 4.82. The fourth-order valence-electron chi connectivity index (χ4n) is 1.54. The molecule has 15 heavy (non-hydrogen) atoms. The topological polar surface area (TPSA) is 46.3 Å². The summed E-state index contributed by atoms with van der Waals surface area (Å²) in [5.41, 5.74) is 2.73. The molecule has 0 amide bonds. The lowest BCUT2D eigenvalue weighted by atomic mass is 10.1. The van der Waals surface area contributed by atoms with Crippen LogP contribution in [0.1, 0.15) is 28.6 Å². The van der Waals surface area contributed by atoms with Gasteiger partial charge in [-0.2, -0.15) is 0 Å². The number of hydrogen-bond donors (Lipinski definition) is 1. The van der Waals surface area contributed by atoms with Gasteiger partial charge in [-0.05, 0) is 37.1 Å². The van der Waals surface area contributed by atoms with Gasteiger partial charge in [0.25, 0.3) is 0 Å². The first kappa shape index (κ1) is 9.93. The smallest absolute Gasteiger partial charge is 0.139 e. The summed E-state index contributed by atoms with van der Waals surface area (Å²) in [4.78, 5) is 4.04. The number of hydrogen-bond acceptors (Lipinski definition) is 3. The Bertz CT molecular complexity index is 462. The summed E-state index contributed by atoms with van der Waals surface area (Å²) in [6.07, 6.45) is 4.26. The molecule has 0 aliphatic heterocycles. The van der Waals surface area contributed by atoms with E-state index in [1.807, 2.05) is 26.0 Å². The van der Waals surface area contributed by atoms with E-state index < -0.39 is 6.10 Å². The molecule has 0 spiro atoms. The van der Waals surface area contributed by atoms with Crippen molar-refractivity contribution < 1.29 is 9.52 Å². The number of furan rings is 1. The summed E-state index contributed by atoms with van der Waals surface area (Å²) in [6, 6.07) is 3.74. The van der Waals surface area contributed by atoms with Gasteiger partial charge < -0.3 is 9.52 Å². The van der Waals surface area contributed by atoms with Crippen molar-refractivity contribution in [3.05, 3.63) is 53.2 Å². The van der Waals surface area contributed by atoms with Crippen LogP contribution in [0.25, 0.3) is 0 Å². The lowest BCUT2D eigenvalue weighted by Crippen LogP contribution is -2.00. The van der Waals surface area contributed by atoms with Crippen LogP contribution in [0.2, 0.25) is 0 Å². The Kier molecular flexibility index (Phi) is 2.56. The number of aliphatic hydroxyl groups excluding tert-OH is 1. The molecule has 0 aliphatic carbocycles. The highest BCUT2D eigenvalue weighted by molar-refractivity contribution is 5.28. The van der Waals surface area contributed by atoms with Gasteiger partial charge in [-0.3, -0.25) is 4.98 Å². The molecule has 2 heterocycles. The Morgan fingerprint density at radius 3 is 2.73 bits per heavy atom. The van der Waals surface area contributed by atoms with Crippen molar-refractivity contribution in [1.29, 1.82) is 0 Å². The molecule has 3 nitrogen and oxygen atoms in total. The average molecular weight is 203 g/mol. The zero-order chi connectivity index (χ0) is 10.8. The standard InChI is InChI=1S/C12H13NO2/c1-8-5-10(7-13-6-8)11(14)12-9(2)3-4-15-12/h3-7,11,14H,1-2H3. The molecular formula is C12H13NO2. The van der Waals surface area contributed by atoms with Crippen molar-refractivity contribution in [1.82, 2.24) is 4.98 Å². The summed E-state index contributed by atoms with van der Waals surface area (Å²) in [6.45, 7) is 3.85. The van der Waals surface area contributed by atoms with Crippen LogP contribution in [0.3, 0.4) is 0 Å². The van der Waals surface area contributed by atoms with Crippen molar-refractivity contribution in [3.8, 4) is 0 Å². The van der Waals surface area contributed by atoms with Crippen LogP contribution in [0.15, 0.2) is 35.2 Å². The first-order chi connectivity index (χ1) is 7.18. The zero-order valence-corrected chi connectivity index (χ0v) is 8.77. The molecule has 2 aromatic heterocycles. The van der Waals surface area contributed by atoms with E-state index in [2.05, 4.69) is 4.98 Å². The highest BCUT2D eigenvalue weighted by atomic mass is 16.4. The highest BCUT2D eigenvalue weighted by Gasteiger charge is 2.16. The predicted molar refractivity (Wildman–Crippen MR) is 56.5 cm³/mol. The summed E-state index contributed by atoms with van der Waals surface area (Å²) in [5, 5.41) is 10.1. The number of aromatic nitrogens is 1. The predicted octanol–water partition coefficient (Wildman–Crippen LogP) is 2.37. The zero-order valence-electron chi connectivity index (χ0n) is 8.77. The Morgan fingerprint density at radius 2 is 2.13 bits per heavy atom. The van der Waals surface area contributed by atoms with E-state index in [0.717, 1.165) is 16.7 Å². The van der Waals surface area contributed by atoms with Crippen molar-refractivity contribution in [2.24, 2.45) is 0 Å². The minimum atomic E-state index is -0.729. The number of aryl methyl sites for hydroxylation is 2. The van der Waals surface area contributed by atoms with E-state index in [-0.39, 0.29) is 0 Å². The van der Waals surface area contributed by atoms with E-state index in [9.17, 15) is 5.11 Å². The third kappa shape index (κ3) is 1.92. The van der Waals surface area contributed by atoms with Gasteiger partial charge in [-0.15, -0.1) is 0 Å². The van der Waals surface area contributed by atoms with Gasteiger partial charge in [0.1, 0.15) is 11.9 Å². The lowest BCUT2D eigenvalue weighted by Gasteiger charge is -2.09. The van der Waals surface area contributed by atoms with Gasteiger partial charge in [0, 0.05) is 18.0 Å². The van der Waals surface area contributed by atoms with E-state index in [4.69, 9.17) is 4.42 Å². The maximum absolute atomic E-state index is 10.1. The molecule has 2 aromatic rings. The van der Waals surface area contributed by atoms with E-state index in [1.165, 1.54) is 0 Å². The largest absolute Gasteiger partial charge is 0.466 e. The van der Waals surface area contributed by atoms with Crippen LogP contribution < -0.4 is 0 Å². The number of pyridine rings is 1. The Labute approximate surface area is 88.4 Å². The first-order valence-corrected chi connectivity index (χ1v) is 4.82. The van der Waals surface area contributed by atoms with Crippen LogP contribution in [0.5, 0.6) is 0 Å². The molecule has 78 valence electrons. The minimum Gasteiger partial charge on any atom is -0.466 e. The normalized spacial score (nSPS) is 12.7. The molecule has 0 aliphatic rings. The number of nitrogens with zero attached hydrogens (tertiary/aromatic N) is 1. The Hall–Kier alpha value is -1.61. The Morgan fingerprint density at radius 1 is 1.33 bits per heavy atom. The molecule has 1 N–H and O–H groups in total. The van der Waals surface area contributed by atoms with Crippen LogP contribution in [-0.4, -0.2) is 10.1 Å². The van der Waals surface area contributed by atoms with Crippen molar-refractivity contribution in [2.45, 2.75) is 20.0 Å². The fraction of sp³-hybridized carbons (Fsp3) is 0.250. The number of aliphatic hydroxyl groups is 1. The quantitative estimate of drug-likeness (QED) is 0.815. The molecule has 0 radical (unpaired) electrons. The van der Waals surface area contributed by atoms with Crippen LogP contribution in [0, 0.1) is 13.8 Å². The second kappa shape index (κ2) is 3.87. The maximum Gasteiger partial charge on any atom is 0.139 e. The average Bonchev–Trinajstić information content (AvgIpc) is 2.63. The van der Waals surface area contributed by atoms with E-state index in [0.29, 0.717) is 5.76 Å². The van der Waals surface area contributed by atoms with Gasteiger partial charge >= 0.3 is 0 Å².